The highest BCUT2D eigenvalue weighted by atomic mass is 19.1. The van der Waals surface area contributed by atoms with Gasteiger partial charge in [-0.05, 0) is 31.7 Å². The molecule has 1 fully saturated rings. The van der Waals surface area contributed by atoms with E-state index in [0.29, 0.717) is 22.7 Å². The highest BCUT2D eigenvalue weighted by Gasteiger charge is 2.21. The summed E-state index contributed by atoms with van der Waals surface area (Å²) in [6.07, 6.45) is 9.93. The zero-order valence-electron chi connectivity index (χ0n) is 20.6. The molecule has 0 saturated carbocycles. The number of amides is 1. The Kier molecular flexibility index (Phi) is 9.75. The fourth-order valence-corrected chi connectivity index (χ4v) is 4.01. The van der Waals surface area contributed by atoms with Crippen molar-refractivity contribution in [1.82, 2.24) is 25.3 Å². The number of hydrogen-bond acceptors (Lipinski definition) is 6. The van der Waals surface area contributed by atoms with E-state index in [2.05, 4.69) is 39.1 Å². The number of rotatable bonds is 8. The van der Waals surface area contributed by atoms with Gasteiger partial charge in [-0.3, -0.25) is 4.79 Å². The van der Waals surface area contributed by atoms with E-state index in [-0.39, 0.29) is 23.9 Å². The van der Waals surface area contributed by atoms with Gasteiger partial charge in [-0.25, -0.2) is 23.7 Å². The number of imidazole rings is 1. The Labute approximate surface area is 204 Å². The molecular weight excluding hydrogens is 454 g/mol. The largest absolute Gasteiger partial charge is 0.488 e. The summed E-state index contributed by atoms with van der Waals surface area (Å²) in [5, 5.41) is 2.90. The number of aromatic nitrogens is 4. The zero-order chi connectivity index (χ0) is 25.2. The summed E-state index contributed by atoms with van der Waals surface area (Å²) in [7, 11) is 0. The molecule has 2 N–H and O–H groups in total. The van der Waals surface area contributed by atoms with E-state index in [4.69, 9.17) is 4.74 Å². The van der Waals surface area contributed by atoms with Gasteiger partial charge >= 0.3 is 0 Å². The van der Waals surface area contributed by atoms with Gasteiger partial charge in [0.1, 0.15) is 17.1 Å². The van der Waals surface area contributed by atoms with Crippen LogP contribution in [0.15, 0.2) is 30.9 Å². The summed E-state index contributed by atoms with van der Waals surface area (Å²) in [6, 6.07) is 3.07. The number of hydrogen-bond donors (Lipinski definition) is 2. The van der Waals surface area contributed by atoms with Gasteiger partial charge < -0.3 is 19.9 Å². The number of carbonyl (C=O) groups excluding carboxylic acids is 1. The second-order valence-corrected chi connectivity index (χ2v) is 8.66. The predicted octanol–water partition coefficient (Wildman–Crippen LogP) is 4.77. The van der Waals surface area contributed by atoms with Crippen LogP contribution in [-0.4, -0.2) is 51.1 Å². The van der Waals surface area contributed by atoms with Crippen LogP contribution in [0, 0.1) is 11.6 Å². The van der Waals surface area contributed by atoms with E-state index in [1.165, 1.54) is 31.5 Å². The first-order chi connectivity index (χ1) is 16.9. The van der Waals surface area contributed by atoms with Crippen molar-refractivity contribution in [1.29, 1.82) is 0 Å². The van der Waals surface area contributed by atoms with Gasteiger partial charge in [-0.15, -0.1) is 0 Å². The molecule has 1 aromatic carbocycles. The van der Waals surface area contributed by atoms with E-state index in [9.17, 15) is 13.6 Å². The second-order valence-electron chi connectivity index (χ2n) is 8.66. The van der Waals surface area contributed by atoms with Crippen LogP contribution in [0.2, 0.25) is 0 Å². The van der Waals surface area contributed by atoms with Crippen molar-refractivity contribution in [2.45, 2.75) is 71.4 Å². The SMILES string of the molecule is CC(=O)NC1CCN(c2ncc(F)cn2)CC1.CCCCC(CC)Oc1cc(F)cc2[nH]cnc12. The first kappa shape index (κ1) is 26.3. The molecule has 10 heteroatoms. The van der Waals surface area contributed by atoms with E-state index < -0.39 is 5.82 Å². The molecule has 190 valence electrons. The minimum Gasteiger partial charge on any atom is -0.488 e. The Morgan fingerprint density at radius 3 is 2.51 bits per heavy atom. The van der Waals surface area contributed by atoms with Crippen molar-refractivity contribution in [2.24, 2.45) is 0 Å². The molecule has 3 heterocycles. The van der Waals surface area contributed by atoms with Gasteiger partial charge in [0, 0.05) is 32.1 Å². The highest BCUT2D eigenvalue weighted by Crippen LogP contribution is 2.26. The van der Waals surface area contributed by atoms with Crippen molar-refractivity contribution in [3.8, 4) is 5.75 Å². The Balaban J connectivity index is 0.000000196. The number of unbranched alkanes of at least 4 members (excludes halogenated alkanes) is 1. The van der Waals surface area contributed by atoms with Gasteiger partial charge in [0.25, 0.3) is 0 Å². The number of ether oxygens (including phenoxy) is 1. The lowest BCUT2D eigenvalue weighted by atomic mass is 10.1. The van der Waals surface area contributed by atoms with Crippen molar-refractivity contribution in [3.63, 3.8) is 0 Å². The molecule has 0 aliphatic carbocycles. The lowest BCUT2D eigenvalue weighted by Crippen LogP contribution is -2.44. The molecule has 1 amide bonds. The summed E-state index contributed by atoms with van der Waals surface area (Å²) in [6.45, 7) is 7.31. The summed E-state index contributed by atoms with van der Waals surface area (Å²) in [5.74, 6) is 0.359. The number of halogens is 2. The number of piperidine rings is 1. The number of aromatic amines is 1. The van der Waals surface area contributed by atoms with Gasteiger partial charge in [0.15, 0.2) is 5.82 Å². The number of nitrogens with one attached hydrogen (secondary N) is 2. The average Bonchev–Trinajstić information content (AvgIpc) is 3.31. The molecular formula is C25H34F2N6O2. The molecule has 1 aliphatic heterocycles. The molecule has 0 radical (unpaired) electrons. The van der Waals surface area contributed by atoms with Crippen molar-refractivity contribution >= 4 is 22.9 Å². The monoisotopic (exact) mass is 488 g/mol. The minimum atomic E-state index is -0.429. The standard InChI is InChI=1S/C14H19FN2O.C11H15FN4O/c1-3-5-6-11(4-2)18-13-8-10(15)7-12-14(13)17-9-16-12;1-8(17)15-10-2-4-16(5-3-10)11-13-6-9(12)7-14-11/h7-9,11H,3-6H2,1-2H3,(H,16,17);6-7,10H,2-5H2,1H3,(H,15,17). The van der Waals surface area contributed by atoms with E-state index in [1.807, 2.05) is 4.90 Å². The topological polar surface area (TPSA) is 96.0 Å². The fraction of sp³-hybridized carbons (Fsp3) is 0.520. The Hall–Kier alpha value is -3.30. The number of fused-ring (bicyclic) bond motifs is 1. The number of benzene rings is 1. The van der Waals surface area contributed by atoms with Crippen molar-refractivity contribution in [3.05, 3.63) is 42.5 Å². The Bertz CT molecular complexity index is 1070. The van der Waals surface area contributed by atoms with Gasteiger partial charge in [0.2, 0.25) is 11.9 Å². The van der Waals surface area contributed by atoms with E-state index in [0.717, 1.165) is 51.6 Å². The maximum Gasteiger partial charge on any atom is 0.225 e. The molecule has 2 aromatic heterocycles. The summed E-state index contributed by atoms with van der Waals surface area (Å²) in [4.78, 5) is 27.9. The maximum atomic E-state index is 13.5. The van der Waals surface area contributed by atoms with Crippen LogP contribution in [0.5, 0.6) is 5.75 Å². The second kappa shape index (κ2) is 13.0. The molecule has 0 bridgehead atoms. The third kappa shape index (κ3) is 7.87. The van der Waals surface area contributed by atoms with E-state index >= 15 is 0 Å². The van der Waals surface area contributed by atoms with Crippen molar-refractivity contribution < 1.29 is 18.3 Å². The maximum absolute atomic E-state index is 13.5. The molecule has 1 aliphatic rings. The van der Waals surface area contributed by atoms with Gasteiger partial charge in [-0.2, -0.15) is 0 Å². The molecule has 3 aromatic rings. The fourth-order valence-electron chi connectivity index (χ4n) is 4.01. The first-order valence-electron chi connectivity index (χ1n) is 12.2. The normalized spacial score (nSPS) is 14.8. The summed E-state index contributed by atoms with van der Waals surface area (Å²) >= 11 is 0. The van der Waals surface area contributed by atoms with Crippen molar-refractivity contribution in [2.75, 3.05) is 18.0 Å². The van der Waals surface area contributed by atoms with Gasteiger partial charge in [0.05, 0.1) is 30.3 Å². The summed E-state index contributed by atoms with van der Waals surface area (Å²) < 4.78 is 32.0. The molecule has 1 atom stereocenters. The smallest absolute Gasteiger partial charge is 0.225 e. The lowest BCUT2D eigenvalue weighted by molar-refractivity contribution is -0.119. The molecule has 4 rings (SSSR count). The van der Waals surface area contributed by atoms with Crippen LogP contribution in [0.25, 0.3) is 11.0 Å². The molecule has 1 unspecified atom stereocenters. The number of anilines is 1. The first-order valence-corrected chi connectivity index (χ1v) is 12.2. The number of nitrogens with zero attached hydrogens (tertiary/aromatic N) is 4. The Morgan fingerprint density at radius 2 is 1.89 bits per heavy atom. The van der Waals surface area contributed by atoms with E-state index in [1.54, 1.807) is 6.33 Å². The Morgan fingerprint density at radius 1 is 1.17 bits per heavy atom. The van der Waals surface area contributed by atoms with Crippen LogP contribution in [0.1, 0.15) is 59.3 Å². The van der Waals surface area contributed by atoms with Crippen LogP contribution in [-0.2, 0) is 4.79 Å². The predicted molar refractivity (Wildman–Crippen MR) is 131 cm³/mol. The number of H-pyrrole nitrogens is 1. The van der Waals surface area contributed by atoms with Gasteiger partial charge in [-0.1, -0.05) is 26.7 Å². The van der Waals surface area contributed by atoms with Crippen LogP contribution in [0.4, 0.5) is 14.7 Å². The molecule has 8 nitrogen and oxygen atoms in total. The zero-order valence-corrected chi connectivity index (χ0v) is 20.6. The van der Waals surface area contributed by atoms with Crippen LogP contribution >= 0.6 is 0 Å². The molecule has 1 saturated heterocycles. The third-order valence-corrected chi connectivity index (χ3v) is 5.87. The molecule has 35 heavy (non-hydrogen) atoms. The third-order valence-electron chi connectivity index (χ3n) is 5.87. The molecule has 0 spiro atoms. The summed E-state index contributed by atoms with van der Waals surface area (Å²) in [5.41, 5.74) is 1.38. The quantitative estimate of drug-likeness (QED) is 0.474. The van der Waals surface area contributed by atoms with Crippen LogP contribution < -0.4 is 15.0 Å². The average molecular weight is 489 g/mol. The number of carbonyl (C=O) groups is 1. The highest BCUT2D eigenvalue weighted by molar-refractivity contribution is 5.81. The van der Waals surface area contributed by atoms with Crippen LogP contribution in [0.3, 0.4) is 0 Å². The minimum absolute atomic E-state index is 0.00137. The lowest BCUT2D eigenvalue weighted by Gasteiger charge is -2.32.